The van der Waals surface area contributed by atoms with E-state index in [-0.39, 0.29) is 56.4 Å². The number of hydrogen-bond acceptors (Lipinski definition) is 6. The zero-order valence-electron chi connectivity index (χ0n) is 21.0. The highest BCUT2D eigenvalue weighted by molar-refractivity contribution is 5.94. The van der Waals surface area contributed by atoms with Crippen LogP contribution in [0.15, 0.2) is 30.3 Å². The molecule has 0 spiro atoms. The summed E-state index contributed by atoms with van der Waals surface area (Å²) in [6.07, 6.45) is -0.0712. The minimum Gasteiger partial charge on any atom is -0.466 e. The fourth-order valence-corrected chi connectivity index (χ4v) is 3.17. The molecule has 0 aliphatic rings. The van der Waals surface area contributed by atoms with Crippen LogP contribution in [-0.4, -0.2) is 65.9 Å². The molecule has 9 heteroatoms. The van der Waals surface area contributed by atoms with E-state index >= 15 is 0 Å². The largest absolute Gasteiger partial charge is 0.466 e. The zero-order valence-corrected chi connectivity index (χ0v) is 21.0. The van der Waals surface area contributed by atoms with E-state index in [1.54, 1.807) is 11.6 Å². The van der Waals surface area contributed by atoms with Gasteiger partial charge in [-0.15, -0.1) is 0 Å². The minimum absolute atomic E-state index is 0.0348. The molecule has 1 aromatic carbocycles. The summed E-state index contributed by atoms with van der Waals surface area (Å²) in [5, 5.41) is 7.61. The van der Waals surface area contributed by atoms with Crippen LogP contribution in [0.25, 0.3) is 5.69 Å². The van der Waals surface area contributed by atoms with E-state index in [4.69, 9.17) is 14.6 Å². The highest BCUT2D eigenvalue weighted by atomic mass is 16.5. The fourth-order valence-electron chi connectivity index (χ4n) is 3.17. The lowest BCUT2D eigenvalue weighted by atomic mass is 9.92. The van der Waals surface area contributed by atoms with Crippen molar-refractivity contribution in [3.05, 3.63) is 41.6 Å². The van der Waals surface area contributed by atoms with Gasteiger partial charge in [-0.25, -0.2) is 4.68 Å². The summed E-state index contributed by atoms with van der Waals surface area (Å²) in [4.78, 5) is 38.6. The lowest BCUT2D eigenvalue weighted by molar-refractivity contribution is -0.146. The fraction of sp³-hybridized carbons (Fsp3) is 0.520. The van der Waals surface area contributed by atoms with E-state index in [2.05, 4.69) is 26.1 Å². The average molecular weight is 473 g/mol. The molecular formula is C25H36N4O5. The van der Waals surface area contributed by atoms with Gasteiger partial charge in [0, 0.05) is 31.6 Å². The van der Waals surface area contributed by atoms with E-state index in [9.17, 15) is 14.4 Å². The number of nitrogens with zero attached hydrogens (tertiary/aromatic N) is 3. The van der Waals surface area contributed by atoms with Crippen molar-refractivity contribution in [2.24, 2.45) is 0 Å². The molecule has 0 atom stereocenters. The van der Waals surface area contributed by atoms with Crippen molar-refractivity contribution in [3.8, 4) is 5.69 Å². The van der Waals surface area contributed by atoms with Crippen molar-refractivity contribution < 1.29 is 23.9 Å². The lowest BCUT2D eigenvalue weighted by Gasteiger charge is -2.22. The van der Waals surface area contributed by atoms with Crippen LogP contribution in [0.4, 0.5) is 5.82 Å². The summed E-state index contributed by atoms with van der Waals surface area (Å²) >= 11 is 0. The summed E-state index contributed by atoms with van der Waals surface area (Å²) in [5.41, 5.74) is 2.54. The molecule has 34 heavy (non-hydrogen) atoms. The molecule has 0 unspecified atom stereocenters. The van der Waals surface area contributed by atoms with Crippen LogP contribution >= 0.6 is 0 Å². The number of ether oxygens (including phenoxy) is 2. The third-order valence-electron chi connectivity index (χ3n) is 5.12. The predicted molar refractivity (Wildman–Crippen MR) is 130 cm³/mol. The van der Waals surface area contributed by atoms with Gasteiger partial charge in [-0.2, -0.15) is 5.10 Å². The number of aryl methyl sites for hydroxylation is 1. The molecule has 0 radical (unpaired) electrons. The number of nitrogens with one attached hydrogen (secondary N) is 1. The first-order chi connectivity index (χ1) is 16.0. The topological polar surface area (TPSA) is 103 Å². The number of carbonyl (C=O) groups excluding carboxylic acids is 3. The van der Waals surface area contributed by atoms with Gasteiger partial charge in [0.1, 0.15) is 5.82 Å². The van der Waals surface area contributed by atoms with Crippen molar-refractivity contribution in [2.75, 3.05) is 38.7 Å². The van der Waals surface area contributed by atoms with E-state index < -0.39 is 5.97 Å². The summed E-state index contributed by atoms with van der Waals surface area (Å²) in [6.45, 7) is 10.5. The highest BCUT2D eigenvalue weighted by Crippen LogP contribution is 2.26. The molecule has 1 aromatic heterocycles. The van der Waals surface area contributed by atoms with Crippen LogP contribution in [0.3, 0.4) is 0 Å². The Kier molecular flexibility index (Phi) is 9.80. The first-order valence-electron chi connectivity index (χ1n) is 11.4. The van der Waals surface area contributed by atoms with Crippen molar-refractivity contribution in [1.29, 1.82) is 0 Å². The van der Waals surface area contributed by atoms with Gasteiger partial charge < -0.3 is 19.7 Å². The first-order valence-corrected chi connectivity index (χ1v) is 11.4. The van der Waals surface area contributed by atoms with Gasteiger partial charge in [0.05, 0.1) is 37.6 Å². The quantitative estimate of drug-likeness (QED) is 0.504. The highest BCUT2D eigenvalue weighted by Gasteiger charge is 2.23. The molecule has 2 amide bonds. The van der Waals surface area contributed by atoms with Gasteiger partial charge in [0.15, 0.2) is 0 Å². The van der Waals surface area contributed by atoms with E-state index in [0.29, 0.717) is 5.82 Å². The molecule has 0 saturated heterocycles. The summed E-state index contributed by atoms with van der Waals surface area (Å²) in [6, 6.07) is 9.68. The van der Waals surface area contributed by atoms with Gasteiger partial charge in [0.25, 0.3) is 0 Å². The summed E-state index contributed by atoms with van der Waals surface area (Å²) in [7, 11) is 1.52. The Bertz CT molecular complexity index is 976. The lowest BCUT2D eigenvalue weighted by Crippen LogP contribution is -2.40. The number of carbonyl (C=O) groups is 3. The molecule has 1 N–H and O–H groups in total. The Labute approximate surface area is 201 Å². The first kappa shape index (κ1) is 27.0. The van der Waals surface area contributed by atoms with Crippen molar-refractivity contribution in [2.45, 2.75) is 52.9 Å². The second kappa shape index (κ2) is 12.3. The zero-order chi connectivity index (χ0) is 25.3. The SMILES string of the molecule is CCOC(=O)CCC(=O)N(CCOC)CC(=O)Nc1cc(C(C)(C)C)nn1-c1ccc(C)cc1. The molecule has 2 rings (SSSR count). The minimum atomic E-state index is -0.441. The van der Waals surface area contributed by atoms with E-state index in [1.165, 1.54) is 12.0 Å². The van der Waals surface area contributed by atoms with Crippen molar-refractivity contribution >= 4 is 23.6 Å². The Balaban J connectivity index is 2.19. The van der Waals surface area contributed by atoms with Crippen LogP contribution < -0.4 is 5.32 Å². The molecule has 0 saturated carbocycles. The van der Waals surface area contributed by atoms with Crippen LogP contribution in [-0.2, 0) is 29.3 Å². The number of benzene rings is 1. The van der Waals surface area contributed by atoms with Crippen molar-refractivity contribution in [1.82, 2.24) is 14.7 Å². The normalized spacial score (nSPS) is 11.2. The Hall–Kier alpha value is -3.20. The number of methoxy groups -OCH3 is 1. The molecule has 186 valence electrons. The third-order valence-corrected chi connectivity index (χ3v) is 5.12. The van der Waals surface area contributed by atoms with E-state index in [1.807, 2.05) is 37.3 Å². The van der Waals surface area contributed by atoms with Crippen LogP contribution in [0.1, 0.15) is 51.8 Å². The third kappa shape index (κ3) is 7.98. The van der Waals surface area contributed by atoms with Gasteiger partial charge >= 0.3 is 5.97 Å². The maximum absolute atomic E-state index is 12.9. The molecule has 0 bridgehead atoms. The number of esters is 1. The van der Waals surface area contributed by atoms with E-state index in [0.717, 1.165) is 16.9 Å². The standard InChI is InChI=1S/C25H36N4O5/c1-7-34-24(32)13-12-23(31)28(14-15-33-6)17-22(30)26-21-16-20(25(3,4)5)27-29(21)19-10-8-18(2)9-11-19/h8-11,16H,7,12-15,17H2,1-6H3,(H,26,30). The molecule has 0 aliphatic heterocycles. The molecule has 2 aromatic rings. The van der Waals surface area contributed by atoms with Crippen molar-refractivity contribution in [3.63, 3.8) is 0 Å². The van der Waals surface area contributed by atoms with Crippen LogP contribution in [0.5, 0.6) is 0 Å². The average Bonchev–Trinajstić information content (AvgIpc) is 3.19. The Morgan fingerprint density at radius 3 is 2.38 bits per heavy atom. The summed E-state index contributed by atoms with van der Waals surface area (Å²) in [5.74, 6) is -0.606. The maximum Gasteiger partial charge on any atom is 0.306 e. The molecule has 0 fully saturated rings. The van der Waals surface area contributed by atoms with Crippen LogP contribution in [0, 0.1) is 6.92 Å². The number of anilines is 1. The molecule has 9 nitrogen and oxygen atoms in total. The predicted octanol–water partition coefficient (Wildman–Crippen LogP) is 3.24. The summed E-state index contributed by atoms with van der Waals surface area (Å²) < 4.78 is 11.7. The second-order valence-corrected chi connectivity index (χ2v) is 9.07. The molecule has 1 heterocycles. The number of aromatic nitrogens is 2. The Morgan fingerprint density at radius 2 is 1.79 bits per heavy atom. The number of rotatable bonds is 11. The molecular weight excluding hydrogens is 436 g/mol. The van der Waals surface area contributed by atoms with Gasteiger partial charge in [-0.1, -0.05) is 38.5 Å². The Morgan fingerprint density at radius 1 is 1.12 bits per heavy atom. The van der Waals surface area contributed by atoms with Gasteiger partial charge in [0.2, 0.25) is 11.8 Å². The molecule has 0 aliphatic carbocycles. The van der Waals surface area contributed by atoms with Crippen LogP contribution in [0.2, 0.25) is 0 Å². The monoisotopic (exact) mass is 472 g/mol. The smallest absolute Gasteiger partial charge is 0.306 e. The van der Waals surface area contributed by atoms with Gasteiger partial charge in [-0.05, 0) is 26.0 Å². The second-order valence-electron chi connectivity index (χ2n) is 9.07. The number of hydrogen-bond donors (Lipinski definition) is 1. The van der Waals surface area contributed by atoms with Gasteiger partial charge in [-0.3, -0.25) is 14.4 Å². The maximum atomic E-state index is 12.9. The number of amides is 2.